The topological polar surface area (TPSA) is 45.5 Å². The first kappa shape index (κ1) is 7.02. The summed E-state index contributed by atoms with van der Waals surface area (Å²) < 4.78 is 0. The fraction of sp³-hybridized carbons (Fsp3) is 0. The molecule has 0 aliphatic rings. The highest BCUT2D eigenvalue weighted by atomic mass is 35.5. The van der Waals surface area contributed by atoms with Gasteiger partial charge in [0, 0.05) is 11.8 Å². The lowest BCUT2D eigenvalue weighted by molar-refractivity contribution is 0.322. The highest BCUT2D eigenvalue weighted by Crippen LogP contribution is 2.04. The van der Waals surface area contributed by atoms with Crippen LogP contribution >= 0.6 is 11.6 Å². The Labute approximate surface area is 63.0 Å². The van der Waals surface area contributed by atoms with E-state index >= 15 is 0 Å². The van der Waals surface area contributed by atoms with Crippen LogP contribution in [0.5, 0.6) is 0 Å². The third-order valence-corrected chi connectivity index (χ3v) is 1.16. The Bertz CT molecular complexity index is 249. The Balaban J connectivity index is 2.95. The van der Waals surface area contributed by atoms with Crippen LogP contribution in [-0.4, -0.2) is 16.4 Å². The number of aromatic nitrogens is 1. The molecule has 1 N–H and O–H groups in total. The molecule has 10 heavy (non-hydrogen) atoms. The molecule has 3 nitrogen and oxygen atoms in total. The number of oxime groups is 1. The Morgan fingerprint density at radius 3 is 3.10 bits per heavy atom. The number of rotatable bonds is 1. The second kappa shape index (κ2) is 3.17. The maximum Gasteiger partial charge on any atom is 0.129 e. The zero-order chi connectivity index (χ0) is 7.40. The first-order valence-corrected chi connectivity index (χ1v) is 2.99. The van der Waals surface area contributed by atoms with Gasteiger partial charge in [-0.3, -0.25) is 0 Å². The molecule has 0 aromatic carbocycles. The summed E-state index contributed by atoms with van der Waals surface area (Å²) in [4.78, 5) is 3.74. The van der Waals surface area contributed by atoms with E-state index in [0.29, 0.717) is 5.15 Å². The lowest BCUT2D eigenvalue weighted by Gasteiger charge is -1.89. The number of halogens is 1. The van der Waals surface area contributed by atoms with E-state index in [-0.39, 0.29) is 0 Å². The first-order valence-electron chi connectivity index (χ1n) is 2.62. The van der Waals surface area contributed by atoms with Crippen LogP contribution in [0, 0.1) is 0 Å². The molecular formula is C6H5ClN2O. The molecule has 0 fully saturated rings. The lowest BCUT2D eigenvalue weighted by Crippen LogP contribution is -1.81. The highest BCUT2D eigenvalue weighted by molar-refractivity contribution is 6.29. The van der Waals surface area contributed by atoms with Gasteiger partial charge in [0.15, 0.2) is 0 Å². The molecule has 0 atom stereocenters. The van der Waals surface area contributed by atoms with Gasteiger partial charge >= 0.3 is 0 Å². The summed E-state index contributed by atoms with van der Waals surface area (Å²) >= 11 is 5.53. The average molecular weight is 157 g/mol. The number of nitrogens with zero attached hydrogens (tertiary/aromatic N) is 2. The van der Waals surface area contributed by atoms with E-state index in [9.17, 15) is 0 Å². The van der Waals surface area contributed by atoms with Gasteiger partial charge in [0.05, 0.1) is 6.21 Å². The van der Waals surface area contributed by atoms with Gasteiger partial charge in [-0.1, -0.05) is 16.8 Å². The van der Waals surface area contributed by atoms with Crippen molar-refractivity contribution in [1.29, 1.82) is 0 Å². The Morgan fingerprint density at radius 1 is 1.70 bits per heavy atom. The molecule has 1 heterocycles. The number of hydrogen-bond donors (Lipinski definition) is 1. The van der Waals surface area contributed by atoms with Crippen molar-refractivity contribution in [3.63, 3.8) is 0 Å². The third-order valence-electron chi connectivity index (χ3n) is 0.957. The minimum absolute atomic E-state index is 0.386. The minimum Gasteiger partial charge on any atom is -0.411 e. The van der Waals surface area contributed by atoms with Gasteiger partial charge in [-0.25, -0.2) is 4.98 Å². The second-order valence-corrected chi connectivity index (χ2v) is 2.04. The van der Waals surface area contributed by atoms with Crippen molar-refractivity contribution < 1.29 is 5.21 Å². The third kappa shape index (κ3) is 1.70. The van der Waals surface area contributed by atoms with E-state index in [1.54, 1.807) is 18.3 Å². The molecule has 0 bridgehead atoms. The number of pyridine rings is 1. The highest BCUT2D eigenvalue weighted by Gasteiger charge is 1.89. The summed E-state index contributed by atoms with van der Waals surface area (Å²) in [6.07, 6.45) is 2.83. The monoisotopic (exact) mass is 156 g/mol. The molecule has 4 heteroatoms. The van der Waals surface area contributed by atoms with Gasteiger partial charge in [-0.2, -0.15) is 0 Å². The zero-order valence-corrected chi connectivity index (χ0v) is 5.78. The average Bonchev–Trinajstić information content (AvgIpc) is 1.88. The van der Waals surface area contributed by atoms with Crippen LogP contribution in [0.3, 0.4) is 0 Å². The molecule has 0 saturated heterocycles. The van der Waals surface area contributed by atoms with Crippen molar-refractivity contribution >= 4 is 17.8 Å². The molecule has 1 aromatic heterocycles. The normalized spacial score (nSPS) is 10.5. The first-order chi connectivity index (χ1) is 4.83. The van der Waals surface area contributed by atoms with E-state index in [4.69, 9.17) is 16.8 Å². The molecule has 0 aliphatic carbocycles. The molecule has 0 radical (unpaired) electrons. The lowest BCUT2D eigenvalue weighted by atomic mass is 10.3. The minimum atomic E-state index is 0.386. The molecule has 52 valence electrons. The maximum atomic E-state index is 8.12. The van der Waals surface area contributed by atoms with E-state index in [0.717, 1.165) is 5.56 Å². The van der Waals surface area contributed by atoms with Gasteiger partial charge in [-0.05, 0) is 12.1 Å². The van der Waals surface area contributed by atoms with Crippen LogP contribution in [0.25, 0.3) is 0 Å². The van der Waals surface area contributed by atoms with Crippen molar-refractivity contribution in [1.82, 2.24) is 4.98 Å². The van der Waals surface area contributed by atoms with Crippen molar-refractivity contribution in [3.8, 4) is 0 Å². The van der Waals surface area contributed by atoms with Gasteiger partial charge < -0.3 is 5.21 Å². The van der Waals surface area contributed by atoms with Crippen LogP contribution in [-0.2, 0) is 0 Å². The van der Waals surface area contributed by atoms with Gasteiger partial charge in [0.1, 0.15) is 5.15 Å². The van der Waals surface area contributed by atoms with Gasteiger partial charge in [-0.15, -0.1) is 0 Å². The van der Waals surface area contributed by atoms with Gasteiger partial charge in [0.2, 0.25) is 0 Å². The van der Waals surface area contributed by atoms with Crippen molar-refractivity contribution in [2.75, 3.05) is 0 Å². The molecular weight excluding hydrogens is 152 g/mol. The predicted molar refractivity (Wildman–Crippen MR) is 38.6 cm³/mol. The quantitative estimate of drug-likeness (QED) is 0.290. The molecule has 1 rings (SSSR count). The summed E-state index contributed by atoms with van der Waals surface area (Å²) in [5, 5.41) is 11.3. The Hall–Kier alpha value is -1.09. The van der Waals surface area contributed by atoms with Crippen molar-refractivity contribution in [2.45, 2.75) is 0 Å². The van der Waals surface area contributed by atoms with E-state index in [1.807, 2.05) is 0 Å². The molecule has 0 unspecified atom stereocenters. The van der Waals surface area contributed by atoms with Crippen LogP contribution in [0.2, 0.25) is 5.15 Å². The second-order valence-electron chi connectivity index (χ2n) is 1.66. The molecule has 0 spiro atoms. The maximum absolute atomic E-state index is 8.12. The van der Waals surface area contributed by atoms with Crippen LogP contribution < -0.4 is 0 Å². The molecule has 0 saturated carbocycles. The summed E-state index contributed by atoms with van der Waals surface area (Å²) in [6.45, 7) is 0. The van der Waals surface area contributed by atoms with E-state index < -0.39 is 0 Å². The molecule has 0 aliphatic heterocycles. The summed E-state index contributed by atoms with van der Waals surface area (Å²) in [5.74, 6) is 0. The smallest absolute Gasteiger partial charge is 0.129 e. The molecule has 1 aromatic rings. The molecule has 0 amide bonds. The Morgan fingerprint density at radius 2 is 2.50 bits per heavy atom. The fourth-order valence-corrected chi connectivity index (χ4v) is 0.747. The van der Waals surface area contributed by atoms with Crippen LogP contribution in [0.1, 0.15) is 5.56 Å². The van der Waals surface area contributed by atoms with Crippen LogP contribution in [0.4, 0.5) is 0 Å². The van der Waals surface area contributed by atoms with Gasteiger partial charge in [0.25, 0.3) is 0 Å². The zero-order valence-electron chi connectivity index (χ0n) is 5.03. The van der Waals surface area contributed by atoms with Crippen molar-refractivity contribution in [3.05, 3.63) is 29.0 Å². The van der Waals surface area contributed by atoms with E-state index in [2.05, 4.69) is 10.1 Å². The largest absolute Gasteiger partial charge is 0.411 e. The van der Waals surface area contributed by atoms with Crippen molar-refractivity contribution in [2.24, 2.45) is 5.16 Å². The van der Waals surface area contributed by atoms with Crippen LogP contribution in [0.15, 0.2) is 23.5 Å². The summed E-state index contributed by atoms with van der Waals surface area (Å²) in [7, 11) is 0. The predicted octanol–water partition coefficient (Wildman–Crippen LogP) is 1.54. The number of hydrogen-bond acceptors (Lipinski definition) is 3. The summed E-state index contributed by atoms with van der Waals surface area (Å²) in [6, 6.07) is 3.28. The summed E-state index contributed by atoms with van der Waals surface area (Å²) in [5.41, 5.74) is 0.725. The Kier molecular flexibility index (Phi) is 2.23. The standard InChI is InChI=1S/C6H5ClN2O/c7-6-3-5(4-9-10)1-2-8-6/h1-4,10H. The fourth-order valence-electron chi connectivity index (χ4n) is 0.564. The SMILES string of the molecule is ON=Cc1ccnc(Cl)c1. The van der Waals surface area contributed by atoms with E-state index in [1.165, 1.54) is 6.21 Å².